The maximum Gasteiger partial charge on any atom is 0.240 e. The molecule has 0 aliphatic carbocycles. The summed E-state index contributed by atoms with van der Waals surface area (Å²) >= 11 is 0. The van der Waals surface area contributed by atoms with Crippen LogP contribution < -0.4 is 4.74 Å². The van der Waals surface area contributed by atoms with Crippen molar-refractivity contribution in [2.75, 3.05) is 0 Å². The molecule has 3 rings (SSSR count). The Kier molecular flexibility index (Phi) is 3.46. The van der Waals surface area contributed by atoms with Gasteiger partial charge in [-0.3, -0.25) is 0 Å². The Balaban J connectivity index is 1.92. The van der Waals surface area contributed by atoms with Crippen molar-refractivity contribution in [3.63, 3.8) is 0 Å². The molecule has 5 nitrogen and oxygen atoms in total. The van der Waals surface area contributed by atoms with Crippen LogP contribution in [0.2, 0.25) is 0 Å². The number of fused-ring (bicyclic) bond motifs is 1. The van der Waals surface area contributed by atoms with Crippen LogP contribution in [0.1, 0.15) is 25.3 Å². The molecule has 5 heteroatoms. The second-order valence-electron chi connectivity index (χ2n) is 5.51. The van der Waals surface area contributed by atoms with Gasteiger partial charge in [-0.2, -0.15) is 0 Å². The smallest absolute Gasteiger partial charge is 0.240 e. The van der Waals surface area contributed by atoms with Gasteiger partial charge in [0.05, 0.1) is 6.10 Å². The van der Waals surface area contributed by atoms with E-state index in [1.807, 2.05) is 31.2 Å². The van der Waals surface area contributed by atoms with Gasteiger partial charge in [0, 0.05) is 6.42 Å². The van der Waals surface area contributed by atoms with E-state index in [1.54, 1.807) is 0 Å². The van der Waals surface area contributed by atoms with Gasteiger partial charge in [-0.25, -0.2) is 0 Å². The Labute approximate surface area is 117 Å². The van der Waals surface area contributed by atoms with Gasteiger partial charge in [0.25, 0.3) is 0 Å². The Morgan fingerprint density at radius 1 is 1.20 bits per heavy atom. The molecule has 5 unspecified atom stereocenters. The minimum Gasteiger partial charge on any atom is -0.459 e. The third-order valence-electron chi connectivity index (χ3n) is 4.26. The quantitative estimate of drug-likeness (QED) is 0.702. The van der Waals surface area contributed by atoms with Crippen molar-refractivity contribution >= 4 is 0 Å². The molecule has 1 aromatic rings. The molecular weight excluding hydrogens is 260 g/mol. The van der Waals surface area contributed by atoms with Crippen molar-refractivity contribution in [2.45, 2.75) is 56.4 Å². The van der Waals surface area contributed by atoms with Crippen molar-refractivity contribution in [1.29, 1.82) is 0 Å². The van der Waals surface area contributed by atoms with Gasteiger partial charge < -0.3 is 24.8 Å². The second kappa shape index (κ2) is 5.00. The molecule has 3 N–H and O–H groups in total. The normalized spacial score (nSPS) is 40.2. The zero-order chi connectivity index (χ0) is 14.3. The number of ether oxygens (including phenoxy) is 2. The number of hydrogen-bond acceptors (Lipinski definition) is 5. The van der Waals surface area contributed by atoms with Gasteiger partial charge in [0.1, 0.15) is 24.1 Å². The van der Waals surface area contributed by atoms with Crippen LogP contribution in [-0.4, -0.2) is 45.5 Å². The first-order valence-electron chi connectivity index (χ1n) is 7.06. The van der Waals surface area contributed by atoms with Crippen molar-refractivity contribution in [3.8, 4) is 5.75 Å². The van der Waals surface area contributed by atoms with Gasteiger partial charge in [-0.15, -0.1) is 0 Å². The largest absolute Gasteiger partial charge is 0.459 e. The summed E-state index contributed by atoms with van der Waals surface area (Å²) in [5.74, 6) is -0.607. The van der Waals surface area contributed by atoms with Crippen LogP contribution in [0, 0.1) is 0 Å². The van der Waals surface area contributed by atoms with Gasteiger partial charge in [0.2, 0.25) is 5.79 Å². The fourth-order valence-electron chi connectivity index (χ4n) is 3.03. The summed E-state index contributed by atoms with van der Waals surface area (Å²) in [7, 11) is 0. The third kappa shape index (κ3) is 2.02. The lowest BCUT2D eigenvalue weighted by Gasteiger charge is -2.50. The van der Waals surface area contributed by atoms with Crippen LogP contribution in [0.5, 0.6) is 5.75 Å². The van der Waals surface area contributed by atoms with Crippen molar-refractivity contribution < 1.29 is 24.8 Å². The number of benzene rings is 1. The summed E-state index contributed by atoms with van der Waals surface area (Å²) in [5.41, 5.74) is 1.06. The van der Waals surface area contributed by atoms with E-state index in [0.29, 0.717) is 25.0 Å². The first-order chi connectivity index (χ1) is 9.57. The van der Waals surface area contributed by atoms with E-state index in [9.17, 15) is 15.3 Å². The highest BCUT2D eigenvalue weighted by molar-refractivity contribution is 5.36. The summed E-state index contributed by atoms with van der Waals surface area (Å²) in [4.78, 5) is 0. The molecule has 0 bridgehead atoms. The summed E-state index contributed by atoms with van der Waals surface area (Å²) < 4.78 is 11.7. The Morgan fingerprint density at radius 3 is 2.70 bits per heavy atom. The maximum atomic E-state index is 10.3. The summed E-state index contributed by atoms with van der Waals surface area (Å²) in [5, 5.41) is 30.3. The number of aryl methyl sites for hydroxylation is 1. The van der Waals surface area contributed by atoms with E-state index >= 15 is 0 Å². The molecule has 2 aliphatic heterocycles. The third-order valence-corrected chi connectivity index (χ3v) is 4.26. The highest BCUT2D eigenvalue weighted by Crippen LogP contribution is 2.41. The Hall–Kier alpha value is -1.14. The molecule has 1 saturated heterocycles. The van der Waals surface area contributed by atoms with Gasteiger partial charge >= 0.3 is 0 Å². The van der Waals surface area contributed by atoms with Crippen LogP contribution in [0.4, 0.5) is 0 Å². The summed E-state index contributed by atoms with van der Waals surface area (Å²) in [6.07, 6.45) is -2.48. The van der Waals surface area contributed by atoms with Crippen LogP contribution in [-0.2, 0) is 11.2 Å². The van der Waals surface area contributed by atoms with Gasteiger partial charge in [-0.1, -0.05) is 25.1 Å². The molecule has 0 aromatic heterocycles. The number of aliphatic hydroxyl groups is 3. The van der Waals surface area contributed by atoms with Crippen molar-refractivity contribution in [2.24, 2.45) is 0 Å². The molecular formula is C15H20O5. The van der Waals surface area contributed by atoms with E-state index in [4.69, 9.17) is 9.47 Å². The molecule has 0 amide bonds. The Morgan fingerprint density at radius 2 is 1.95 bits per heavy atom. The van der Waals surface area contributed by atoms with Crippen LogP contribution in [0.3, 0.4) is 0 Å². The van der Waals surface area contributed by atoms with Gasteiger partial charge in [-0.05, 0) is 24.5 Å². The molecule has 1 fully saturated rings. The van der Waals surface area contributed by atoms with Crippen LogP contribution >= 0.6 is 0 Å². The molecule has 2 aliphatic rings. The molecule has 2 heterocycles. The van der Waals surface area contributed by atoms with E-state index in [0.717, 1.165) is 5.56 Å². The zero-order valence-electron chi connectivity index (χ0n) is 11.4. The molecule has 110 valence electrons. The number of aliphatic hydroxyl groups excluding tert-OH is 3. The molecule has 0 radical (unpaired) electrons. The van der Waals surface area contributed by atoms with E-state index in [-0.39, 0.29) is 0 Å². The first kappa shape index (κ1) is 13.8. The highest BCUT2D eigenvalue weighted by atomic mass is 16.7. The lowest BCUT2D eigenvalue weighted by molar-refractivity contribution is -0.338. The van der Waals surface area contributed by atoms with E-state index in [2.05, 4.69) is 0 Å². The standard InChI is InChI=1S/C15H20O5/c1-2-10-12(16)13(17)14(18)15(19-10)8-7-9-5-3-4-6-11(9)20-15/h3-6,10,12-14,16-18H,2,7-8H2,1H3. The maximum absolute atomic E-state index is 10.3. The minimum atomic E-state index is -1.27. The molecule has 1 aromatic carbocycles. The minimum absolute atomic E-state index is 0.450. The second-order valence-corrected chi connectivity index (χ2v) is 5.51. The SMILES string of the molecule is CCC1OC2(CCc3ccccc3O2)C(O)C(O)C1O. The summed E-state index contributed by atoms with van der Waals surface area (Å²) in [6.45, 7) is 1.86. The monoisotopic (exact) mass is 280 g/mol. The predicted octanol–water partition coefficient (Wildman–Crippen LogP) is 0.599. The van der Waals surface area contributed by atoms with Crippen molar-refractivity contribution in [1.82, 2.24) is 0 Å². The highest BCUT2D eigenvalue weighted by Gasteiger charge is 2.55. The topological polar surface area (TPSA) is 79.2 Å². The average molecular weight is 280 g/mol. The zero-order valence-corrected chi connectivity index (χ0v) is 11.4. The van der Waals surface area contributed by atoms with Gasteiger partial charge in [0.15, 0.2) is 0 Å². The fourth-order valence-corrected chi connectivity index (χ4v) is 3.03. The number of para-hydroxylation sites is 1. The predicted molar refractivity (Wildman–Crippen MR) is 71.3 cm³/mol. The Bertz CT molecular complexity index is 489. The first-order valence-corrected chi connectivity index (χ1v) is 7.06. The lowest BCUT2D eigenvalue weighted by atomic mass is 9.86. The molecule has 5 atom stereocenters. The van der Waals surface area contributed by atoms with Crippen LogP contribution in [0.15, 0.2) is 24.3 Å². The molecule has 1 spiro atoms. The van der Waals surface area contributed by atoms with E-state index in [1.165, 1.54) is 0 Å². The van der Waals surface area contributed by atoms with E-state index < -0.39 is 30.2 Å². The number of rotatable bonds is 1. The summed E-state index contributed by atoms with van der Waals surface area (Å²) in [6, 6.07) is 7.59. The lowest BCUT2D eigenvalue weighted by Crippen LogP contribution is -2.67. The fraction of sp³-hybridized carbons (Fsp3) is 0.600. The molecule has 0 saturated carbocycles. The van der Waals surface area contributed by atoms with Crippen molar-refractivity contribution in [3.05, 3.63) is 29.8 Å². The van der Waals surface area contributed by atoms with Crippen LogP contribution in [0.25, 0.3) is 0 Å². The average Bonchev–Trinajstić information content (AvgIpc) is 2.49. The number of hydrogen-bond donors (Lipinski definition) is 3. The molecule has 20 heavy (non-hydrogen) atoms.